The number of hydrogen-bond acceptors (Lipinski definition) is 13. The predicted octanol–water partition coefficient (Wildman–Crippen LogP) is 8.74. The number of nitrogens with zero attached hydrogens (tertiary/aromatic N) is 10. The Hall–Kier alpha value is -4.63. The number of aromatic carboxylic acids is 1. The van der Waals surface area contributed by atoms with E-state index in [4.69, 9.17) is 20.5 Å². The van der Waals surface area contributed by atoms with Crippen LogP contribution >= 0.6 is 31.9 Å². The Bertz CT molecular complexity index is 2620. The van der Waals surface area contributed by atoms with Crippen molar-refractivity contribution in [2.45, 2.75) is 144 Å². The monoisotopic (exact) mass is 1170 g/mol. The molecule has 2 aliphatic rings. The molecule has 0 spiro atoms. The lowest BCUT2D eigenvalue weighted by Crippen LogP contribution is -2.56. The van der Waals surface area contributed by atoms with Crippen molar-refractivity contribution in [3.05, 3.63) is 45.1 Å². The zero-order chi connectivity index (χ0) is 54.6. The highest BCUT2D eigenvalue weighted by Gasteiger charge is 2.38. The number of hydrogen-bond donors (Lipinski definition) is 3. The predicted molar refractivity (Wildman–Crippen MR) is 294 cm³/mol. The van der Waals surface area contributed by atoms with Gasteiger partial charge in [0.1, 0.15) is 45.3 Å². The number of likely N-dealkylation sites (tertiary alicyclic amines) is 2. The van der Waals surface area contributed by atoms with Crippen LogP contribution in [0.1, 0.15) is 87.9 Å². The number of ether oxygens (including phenoxy) is 2. The van der Waals surface area contributed by atoms with Crippen molar-refractivity contribution in [1.82, 2.24) is 44.2 Å². The number of piperidine rings is 2. The second-order valence-corrected chi connectivity index (χ2v) is 36.2. The Morgan fingerprint density at radius 2 is 1.12 bits per heavy atom. The first-order chi connectivity index (χ1) is 33.9. The summed E-state index contributed by atoms with van der Waals surface area (Å²) >= 11 is 6.56. The van der Waals surface area contributed by atoms with Crippen LogP contribution in [0.25, 0.3) is 22.3 Å². The fourth-order valence-electron chi connectivity index (χ4n) is 7.73. The standard InChI is InChI=1S/C25H37BrN6O3Si.C13H18BrN3O3Si.C12H21N3O/c1-25(2,3)21(24(34)31-9-7-17(13-27)8-10-31)30-23(33)18-15-32(16-35-11-12-36(4,5)6)22-20(18)29-19(26)14-28-22;1-21(2,3)5-4-20-8-17-7-9(13(18)19)11-12(17)15-6-10(14)16-11;1-12(2,3)10(14)11(16)15-6-4-9(8-13)5-7-15/h14-15,17,21H,7-12,16H2,1-6H3,(H,30,33);6-7H,4-5,8H2,1-3H3,(H,18,19);9-10H,4-7,14H2,1-3H3/t21-;;10-/m0.0/s1. The molecule has 4 aromatic heterocycles. The number of halogens is 2. The van der Waals surface area contributed by atoms with Crippen LogP contribution in [0.3, 0.4) is 0 Å². The minimum Gasteiger partial charge on any atom is -0.478 e. The number of aromatic nitrogens is 6. The minimum atomic E-state index is -1.22. The van der Waals surface area contributed by atoms with Crippen LogP contribution in [0.2, 0.25) is 51.4 Å². The van der Waals surface area contributed by atoms with Crippen LogP contribution in [0.5, 0.6) is 0 Å². The lowest BCUT2D eigenvalue weighted by Gasteiger charge is -2.37. The van der Waals surface area contributed by atoms with Crippen molar-refractivity contribution in [2.24, 2.45) is 28.4 Å². The summed E-state index contributed by atoms with van der Waals surface area (Å²) in [5.41, 5.74) is 7.58. The molecule has 0 saturated carbocycles. The average molecular weight is 1170 g/mol. The van der Waals surface area contributed by atoms with E-state index in [0.717, 1.165) is 24.9 Å². The van der Waals surface area contributed by atoms with Gasteiger partial charge in [0.05, 0.1) is 36.1 Å². The van der Waals surface area contributed by atoms with Crippen LogP contribution in [-0.4, -0.2) is 135 Å². The van der Waals surface area contributed by atoms with Gasteiger partial charge in [0.2, 0.25) is 11.8 Å². The molecule has 6 heterocycles. The number of amides is 3. The van der Waals surface area contributed by atoms with Crippen LogP contribution in [0.4, 0.5) is 0 Å². The largest absolute Gasteiger partial charge is 0.478 e. The zero-order valence-electron chi connectivity index (χ0n) is 44.7. The van der Waals surface area contributed by atoms with E-state index in [1.807, 2.05) is 41.5 Å². The number of carboxylic acids is 1. The van der Waals surface area contributed by atoms with E-state index in [1.54, 1.807) is 37.5 Å². The summed E-state index contributed by atoms with van der Waals surface area (Å²) in [6.45, 7) is 29.7. The zero-order valence-corrected chi connectivity index (χ0v) is 49.9. The molecule has 2 fully saturated rings. The average Bonchev–Trinajstić information content (AvgIpc) is 3.86. The molecule has 3 amide bonds. The van der Waals surface area contributed by atoms with E-state index < -0.39 is 39.6 Å². The maximum Gasteiger partial charge on any atom is 0.339 e. The highest BCUT2D eigenvalue weighted by atomic mass is 79.9. The quantitative estimate of drug-likeness (QED) is 0.0743. The molecule has 2 atom stereocenters. The van der Waals surface area contributed by atoms with E-state index >= 15 is 0 Å². The SMILES string of the molecule is CC(C)(C)[C@@H](N)C(=O)N1CCC(C#N)CC1.CC(C)(C)[C@@H](NC(=O)c1cn(COCC[Si](C)(C)C)c2ncc(Br)nc12)C(=O)N1CCC(C#N)CC1.C[Si](C)(C)CCOCn1cc(C(=O)O)c2nc(Br)cnc21. The minimum absolute atomic E-state index is 0.0175. The Morgan fingerprint density at radius 1 is 0.726 bits per heavy atom. The van der Waals surface area contributed by atoms with E-state index in [2.05, 4.69) is 109 Å². The molecule has 400 valence electrons. The van der Waals surface area contributed by atoms with Crippen molar-refractivity contribution in [1.29, 1.82) is 10.5 Å². The van der Waals surface area contributed by atoms with Gasteiger partial charge in [-0.05, 0) is 80.5 Å². The smallest absolute Gasteiger partial charge is 0.339 e. The van der Waals surface area contributed by atoms with Crippen LogP contribution < -0.4 is 11.1 Å². The van der Waals surface area contributed by atoms with E-state index in [0.29, 0.717) is 89.3 Å². The first kappa shape index (κ1) is 60.9. The number of carbonyl (C=O) groups excluding carboxylic acids is 3. The molecule has 4 N–H and O–H groups in total. The van der Waals surface area contributed by atoms with E-state index in [9.17, 15) is 29.5 Å². The molecular formula is C50H76Br2N12O7Si2. The van der Waals surface area contributed by atoms with Crippen molar-refractivity contribution < 1.29 is 33.8 Å². The summed E-state index contributed by atoms with van der Waals surface area (Å²) in [6, 6.07) is 5.47. The third kappa shape index (κ3) is 18.3. The highest BCUT2D eigenvalue weighted by Crippen LogP contribution is 2.28. The number of nitrogens with two attached hydrogens (primary N) is 1. The summed E-state index contributed by atoms with van der Waals surface area (Å²) in [7, 11) is -2.35. The molecular weight excluding hydrogens is 1100 g/mol. The number of carbonyl (C=O) groups is 4. The second-order valence-electron chi connectivity index (χ2n) is 23.3. The third-order valence-corrected chi connectivity index (χ3v) is 16.7. The summed E-state index contributed by atoms with van der Waals surface area (Å²) in [5.74, 6) is -1.42. The first-order valence-corrected chi connectivity index (χ1v) is 33.8. The Kier molecular flexibility index (Phi) is 21.9. The maximum absolute atomic E-state index is 13.5. The molecule has 0 bridgehead atoms. The Morgan fingerprint density at radius 3 is 1.49 bits per heavy atom. The molecule has 0 aliphatic carbocycles. The van der Waals surface area contributed by atoms with Gasteiger partial charge in [-0.2, -0.15) is 10.5 Å². The maximum atomic E-state index is 13.5. The Balaban J connectivity index is 0.000000263. The van der Waals surface area contributed by atoms with Crippen molar-refractivity contribution in [2.75, 3.05) is 39.4 Å². The van der Waals surface area contributed by atoms with Crippen LogP contribution in [0.15, 0.2) is 34.0 Å². The summed E-state index contributed by atoms with van der Waals surface area (Å²) in [6.07, 6.45) is 9.22. The fourth-order valence-corrected chi connectivity index (χ4v) is 9.80. The van der Waals surface area contributed by atoms with Gasteiger partial charge < -0.3 is 44.6 Å². The van der Waals surface area contributed by atoms with Crippen LogP contribution in [0, 0.1) is 45.3 Å². The normalized spacial score (nSPS) is 15.8. The van der Waals surface area contributed by atoms with Gasteiger partial charge in [-0.3, -0.25) is 14.4 Å². The molecule has 2 aliphatic heterocycles. The molecule has 23 heteroatoms. The summed E-state index contributed by atoms with van der Waals surface area (Å²) in [4.78, 5) is 71.3. The molecule has 0 aromatic carbocycles. The lowest BCUT2D eigenvalue weighted by atomic mass is 9.85. The lowest BCUT2D eigenvalue weighted by molar-refractivity contribution is -0.137. The van der Waals surface area contributed by atoms with Gasteiger partial charge in [0, 0.05) is 79.8 Å². The molecule has 4 aromatic rings. The number of rotatable bonds is 15. The molecule has 0 unspecified atom stereocenters. The second kappa shape index (κ2) is 26.2. The topological polar surface area (TPSA) is 260 Å². The van der Waals surface area contributed by atoms with E-state index in [-0.39, 0.29) is 54.0 Å². The van der Waals surface area contributed by atoms with Gasteiger partial charge >= 0.3 is 5.97 Å². The highest BCUT2D eigenvalue weighted by molar-refractivity contribution is 9.10. The molecule has 73 heavy (non-hydrogen) atoms. The third-order valence-electron chi connectivity index (χ3n) is 12.6. The number of carboxylic acid groups (broad SMARTS) is 1. The fraction of sp³-hybridized carbons (Fsp3) is 0.640. The van der Waals surface area contributed by atoms with Crippen molar-refractivity contribution in [3.8, 4) is 12.1 Å². The van der Waals surface area contributed by atoms with Gasteiger partial charge in [-0.1, -0.05) is 80.8 Å². The number of nitrogens with one attached hydrogen (secondary N) is 1. The number of fused-ring (bicyclic) bond motifs is 2. The molecule has 6 rings (SSSR count). The van der Waals surface area contributed by atoms with Gasteiger partial charge in [-0.25, -0.2) is 24.7 Å². The van der Waals surface area contributed by atoms with Gasteiger partial charge in [-0.15, -0.1) is 0 Å². The van der Waals surface area contributed by atoms with Crippen molar-refractivity contribution >= 4 is 94.0 Å². The van der Waals surface area contributed by atoms with Gasteiger partial charge in [0.15, 0.2) is 11.3 Å². The molecule has 19 nitrogen and oxygen atoms in total. The van der Waals surface area contributed by atoms with E-state index in [1.165, 1.54) is 6.20 Å². The summed E-state index contributed by atoms with van der Waals surface area (Å²) < 4.78 is 16.1. The molecule has 0 radical (unpaired) electrons. The first-order valence-electron chi connectivity index (χ1n) is 24.8. The number of nitriles is 2. The molecule has 2 saturated heterocycles. The van der Waals surface area contributed by atoms with Crippen molar-refractivity contribution in [3.63, 3.8) is 0 Å². The van der Waals surface area contributed by atoms with Gasteiger partial charge in [0.25, 0.3) is 5.91 Å². The Labute approximate surface area is 449 Å². The van der Waals surface area contributed by atoms with Crippen LogP contribution in [-0.2, 0) is 32.5 Å². The summed E-state index contributed by atoms with van der Waals surface area (Å²) in [5, 5.41) is 30.2.